The first-order valence-electron chi connectivity index (χ1n) is 30.3. The van der Waals surface area contributed by atoms with Crippen LogP contribution in [-0.2, 0) is 14.4 Å². The first-order valence-corrected chi connectivity index (χ1v) is 30.3. The second kappa shape index (κ2) is 46.0. The van der Waals surface area contributed by atoms with Crippen LogP contribution < -0.4 is 39.1 Å². The number of hydrogen-bond donors (Lipinski definition) is 2. The average Bonchev–Trinajstić information content (AvgIpc) is 3.44. The van der Waals surface area contributed by atoms with Gasteiger partial charge in [0.25, 0.3) is 17.7 Å². The minimum atomic E-state index is -0.320. The van der Waals surface area contributed by atoms with Crippen LogP contribution in [0.25, 0.3) is 0 Å². The first kappa shape index (κ1) is 65.2. The predicted molar refractivity (Wildman–Crippen MR) is 310 cm³/mol. The van der Waals surface area contributed by atoms with E-state index < -0.39 is 0 Å². The molecule has 0 saturated carbocycles. The summed E-state index contributed by atoms with van der Waals surface area (Å²) in [6.07, 6.45) is 38.3. The Morgan fingerprint density at radius 2 is 0.539 bits per heavy atom. The van der Waals surface area contributed by atoms with Gasteiger partial charge in [0.2, 0.25) is 0 Å². The van der Waals surface area contributed by atoms with E-state index >= 15 is 0 Å². The van der Waals surface area contributed by atoms with Gasteiger partial charge in [-0.2, -0.15) is 0 Å². The Morgan fingerprint density at radius 3 is 0.803 bits per heavy atom. The molecule has 3 aromatic rings. The van der Waals surface area contributed by atoms with Crippen molar-refractivity contribution in [2.45, 2.75) is 213 Å². The molecule has 0 aliphatic heterocycles. The molecule has 0 bridgehead atoms. The van der Waals surface area contributed by atoms with Crippen molar-refractivity contribution in [3.63, 3.8) is 0 Å². The highest BCUT2D eigenvalue weighted by Crippen LogP contribution is 2.22. The molecule has 3 rings (SSSR count). The summed E-state index contributed by atoms with van der Waals surface area (Å²) < 4.78 is 35.2. The van der Waals surface area contributed by atoms with Crippen LogP contribution in [0.5, 0.6) is 34.5 Å². The number of nitrogens with zero attached hydrogens (tertiary/aromatic N) is 1. The van der Waals surface area contributed by atoms with E-state index in [0.717, 1.165) is 42.9 Å². The van der Waals surface area contributed by atoms with Crippen LogP contribution in [0.4, 0.5) is 0 Å². The van der Waals surface area contributed by atoms with E-state index in [1.165, 1.54) is 167 Å². The van der Waals surface area contributed by atoms with Gasteiger partial charge < -0.3 is 44.0 Å². The van der Waals surface area contributed by atoms with Crippen LogP contribution >= 0.6 is 0 Å². The van der Waals surface area contributed by atoms with Gasteiger partial charge in [0.1, 0.15) is 34.5 Å². The molecule has 2 N–H and O–H groups in total. The van der Waals surface area contributed by atoms with Gasteiger partial charge in [-0.3, -0.25) is 14.4 Å². The molecule has 0 unspecified atom stereocenters. The molecule has 0 heterocycles. The summed E-state index contributed by atoms with van der Waals surface area (Å²) in [6.45, 7) is 8.97. The molecule has 0 radical (unpaired) electrons. The number of carbonyl (C=O) groups is 3. The van der Waals surface area contributed by atoms with Crippen LogP contribution in [0.2, 0.25) is 0 Å². The number of hydrogen-bond acceptors (Lipinski definition) is 9. The van der Waals surface area contributed by atoms with Crippen molar-refractivity contribution >= 4 is 17.7 Å². The van der Waals surface area contributed by atoms with Gasteiger partial charge in [-0.1, -0.05) is 194 Å². The van der Waals surface area contributed by atoms with Crippen LogP contribution in [0, 0.1) is 0 Å². The van der Waals surface area contributed by atoms with Crippen molar-refractivity contribution in [3.05, 3.63) is 72.8 Å². The van der Waals surface area contributed by atoms with Gasteiger partial charge in [-0.15, -0.1) is 0 Å². The Hall–Kier alpha value is -5.13. The van der Waals surface area contributed by atoms with Gasteiger partial charge >= 0.3 is 0 Å². The van der Waals surface area contributed by atoms with E-state index in [1.54, 1.807) is 41.3 Å². The molecule has 3 aromatic carbocycles. The molecule has 76 heavy (non-hydrogen) atoms. The molecule has 0 spiro atoms. The summed E-state index contributed by atoms with van der Waals surface area (Å²) in [4.78, 5) is 40.8. The molecule has 0 saturated heterocycles. The summed E-state index contributed by atoms with van der Waals surface area (Å²) in [7, 11) is 0. The highest BCUT2D eigenvalue weighted by Gasteiger charge is 2.16. The third kappa shape index (κ3) is 35.2. The predicted octanol–water partition coefficient (Wildman–Crippen LogP) is 15.2. The molecule has 0 atom stereocenters. The summed E-state index contributed by atoms with van der Waals surface area (Å²) >= 11 is 0. The standard InChI is InChI=1S/C64H103N3O9/c1-4-7-10-13-16-19-22-25-28-31-50-71-56-34-40-59(41-35-56)74-53-62(68)65-46-48-67(64(70)55-76-61-44-38-58(39-45-61)73-52-33-30-27-24-21-18-15-12-9-6-3)49-47-66-63(69)54-75-60-42-36-57(37-43-60)72-51-32-29-26-23-20-17-14-11-8-5-2/h34-45H,4-33,46-55H2,1-3H3,(H,65,68)(H,66,69). The van der Waals surface area contributed by atoms with Gasteiger partial charge in [0.05, 0.1) is 19.8 Å². The lowest BCUT2D eigenvalue weighted by Gasteiger charge is -2.23. The Balaban J connectivity index is 1.38. The zero-order valence-electron chi connectivity index (χ0n) is 47.8. The van der Waals surface area contributed by atoms with Gasteiger partial charge in [-0.05, 0) is 92.1 Å². The maximum Gasteiger partial charge on any atom is 0.260 e. The zero-order chi connectivity index (χ0) is 54.2. The number of unbranched alkanes of at least 4 members (excludes halogenated alkanes) is 27. The van der Waals surface area contributed by atoms with E-state index in [-0.39, 0.29) is 63.7 Å². The number of rotatable bonds is 51. The number of benzene rings is 3. The highest BCUT2D eigenvalue weighted by molar-refractivity contribution is 5.79. The minimum Gasteiger partial charge on any atom is -0.494 e. The fourth-order valence-corrected chi connectivity index (χ4v) is 8.89. The summed E-state index contributed by atoms with van der Waals surface area (Å²) in [6, 6.07) is 21.9. The summed E-state index contributed by atoms with van der Waals surface area (Å²) in [5.41, 5.74) is 0. The van der Waals surface area contributed by atoms with Crippen molar-refractivity contribution in [2.24, 2.45) is 0 Å². The Morgan fingerprint density at radius 1 is 0.316 bits per heavy atom. The monoisotopic (exact) mass is 1060 g/mol. The molecule has 0 aromatic heterocycles. The molecule has 12 heteroatoms. The number of carbonyl (C=O) groups excluding carboxylic acids is 3. The largest absolute Gasteiger partial charge is 0.494 e. The Bertz CT molecular complexity index is 1750. The normalized spacial score (nSPS) is 11.0. The topological polar surface area (TPSA) is 134 Å². The summed E-state index contributed by atoms with van der Waals surface area (Å²) in [5, 5.41) is 5.71. The number of amides is 3. The van der Waals surface area contributed by atoms with Gasteiger partial charge in [0.15, 0.2) is 19.8 Å². The lowest BCUT2D eigenvalue weighted by atomic mass is 10.1. The molecule has 0 fully saturated rings. The maximum absolute atomic E-state index is 13.6. The molecule has 0 aliphatic rings. The second-order valence-corrected chi connectivity index (χ2v) is 20.5. The zero-order valence-corrected chi connectivity index (χ0v) is 47.8. The van der Waals surface area contributed by atoms with Crippen LogP contribution in [0.15, 0.2) is 72.8 Å². The van der Waals surface area contributed by atoms with Crippen molar-refractivity contribution < 1.29 is 42.8 Å². The molecule has 0 aliphatic carbocycles. The fraction of sp³-hybridized carbons (Fsp3) is 0.672. The molecular weight excluding hydrogens is 955 g/mol. The van der Waals surface area contributed by atoms with Crippen LogP contribution in [-0.4, -0.2) is 88.4 Å². The lowest BCUT2D eigenvalue weighted by Crippen LogP contribution is -2.45. The minimum absolute atomic E-state index is 0.181. The van der Waals surface area contributed by atoms with Crippen molar-refractivity contribution in [3.8, 4) is 34.5 Å². The van der Waals surface area contributed by atoms with Crippen molar-refractivity contribution in [1.82, 2.24) is 15.5 Å². The SMILES string of the molecule is CCCCCCCCCCCCOc1ccc(OCC(=O)NCCN(CCNC(=O)COc2ccc(OCCCCCCCCCCCC)cc2)C(=O)COc2ccc(OCCCCCCCCCCCC)cc2)cc1. The Kier molecular flexibility index (Phi) is 39.4. The quantitative estimate of drug-likeness (QED) is 0.0530. The van der Waals surface area contributed by atoms with E-state index in [0.29, 0.717) is 37.1 Å². The second-order valence-electron chi connectivity index (χ2n) is 20.5. The van der Waals surface area contributed by atoms with Crippen molar-refractivity contribution in [1.29, 1.82) is 0 Å². The summed E-state index contributed by atoms with van der Waals surface area (Å²) in [5.74, 6) is 3.04. The Labute approximate surface area is 460 Å². The van der Waals surface area contributed by atoms with Gasteiger partial charge in [0, 0.05) is 26.2 Å². The lowest BCUT2D eigenvalue weighted by molar-refractivity contribution is -0.134. The maximum atomic E-state index is 13.6. The van der Waals surface area contributed by atoms with E-state index in [1.807, 2.05) is 36.4 Å². The molecule has 428 valence electrons. The van der Waals surface area contributed by atoms with Crippen LogP contribution in [0.3, 0.4) is 0 Å². The molecule has 3 amide bonds. The van der Waals surface area contributed by atoms with E-state index in [2.05, 4.69) is 31.4 Å². The molecular formula is C64H103N3O9. The third-order valence-corrected chi connectivity index (χ3v) is 13.6. The van der Waals surface area contributed by atoms with E-state index in [4.69, 9.17) is 28.4 Å². The van der Waals surface area contributed by atoms with Gasteiger partial charge in [-0.25, -0.2) is 0 Å². The van der Waals surface area contributed by atoms with Crippen LogP contribution in [0.1, 0.15) is 213 Å². The van der Waals surface area contributed by atoms with Crippen molar-refractivity contribution in [2.75, 3.05) is 65.8 Å². The smallest absolute Gasteiger partial charge is 0.260 e. The molecule has 12 nitrogen and oxygen atoms in total. The highest BCUT2D eigenvalue weighted by atomic mass is 16.5. The first-order chi connectivity index (χ1) is 37.4. The third-order valence-electron chi connectivity index (χ3n) is 13.6. The fourth-order valence-electron chi connectivity index (χ4n) is 8.89. The van der Waals surface area contributed by atoms with E-state index in [9.17, 15) is 14.4 Å². The number of nitrogens with one attached hydrogen (secondary N) is 2. The number of ether oxygens (including phenoxy) is 6. The average molecular weight is 1060 g/mol.